The molecule has 7 heteroatoms. The van der Waals surface area contributed by atoms with Crippen LogP contribution in [0.2, 0.25) is 0 Å². The van der Waals surface area contributed by atoms with Crippen molar-refractivity contribution < 1.29 is 9.90 Å². The van der Waals surface area contributed by atoms with Crippen molar-refractivity contribution in [3.8, 4) is 11.3 Å². The molecular weight excluding hydrogens is 312 g/mol. The Morgan fingerprint density at radius 1 is 1.42 bits per heavy atom. The first-order chi connectivity index (χ1) is 9.11. The minimum Gasteiger partial charge on any atom is -0.481 e. The molecule has 0 aromatic carbocycles. The van der Waals surface area contributed by atoms with Crippen LogP contribution in [0, 0.1) is 0 Å². The van der Waals surface area contributed by atoms with Crippen LogP contribution in [0.15, 0.2) is 35.2 Å². The number of rotatable bonds is 3. The molecule has 3 aromatic heterocycles. The van der Waals surface area contributed by atoms with Crippen LogP contribution in [0.1, 0.15) is 5.69 Å². The highest BCUT2D eigenvalue weighted by Crippen LogP contribution is 2.21. The lowest BCUT2D eigenvalue weighted by Gasteiger charge is -1.97. The van der Waals surface area contributed by atoms with Crippen LogP contribution in [-0.2, 0) is 11.2 Å². The van der Waals surface area contributed by atoms with E-state index in [0.717, 1.165) is 15.7 Å². The molecule has 0 aliphatic heterocycles. The zero-order valence-electron chi connectivity index (χ0n) is 9.67. The van der Waals surface area contributed by atoms with Gasteiger partial charge in [0.25, 0.3) is 0 Å². The number of fused-ring (bicyclic) bond motifs is 1. The molecule has 19 heavy (non-hydrogen) atoms. The SMILES string of the molecule is O=C(O)Cc1cn2[nH]c(-c3cncc(Br)c3)cc2n1. The Kier molecular flexibility index (Phi) is 2.83. The largest absolute Gasteiger partial charge is 0.481 e. The summed E-state index contributed by atoms with van der Waals surface area (Å²) in [5.41, 5.74) is 3.02. The van der Waals surface area contributed by atoms with Crippen LogP contribution >= 0.6 is 15.9 Å². The molecule has 0 saturated heterocycles. The highest BCUT2D eigenvalue weighted by Gasteiger charge is 2.09. The van der Waals surface area contributed by atoms with E-state index in [1.165, 1.54) is 0 Å². The quantitative estimate of drug-likeness (QED) is 0.774. The van der Waals surface area contributed by atoms with Crippen molar-refractivity contribution in [1.29, 1.82) is 0 Å². The fraction of sp³-hybridized carbons (Fsp3) is 0.0833. The van der Waals surface area contributed by atoms with Gasteiger partial charge in [-0.15, -0.1) is 0 Å². The summed E-state index contributed by atoms with van der Waals surface area (Å²) >= 11 is 3.37. The Bertz CT molecular complexity index is 731. The van der Waals surface area contributed by atoms with Crippen molar-refractivity contribution in [2.24, 2.45) is 0 Å². The predicted octanol–water partition coefficient (Wildman–Crippen LogP) is 2.11. The average Bonchev–Trinajstić information content (AvgIpc) is 2.85. The third kappa shape index (κ3) is 2.37. The van der Waals surface area contributed by atoms with Gasteiger partial charge in [0.1, 0.15) is 0 Å². The van der Waals surface area contributed by atoms with Crippen LogP contribution in [-0.4, -0.2) is 30.7 Å². The number of imidazole rings is 1. The van der Waals surface area contributed by atoms with Crippen molar-refractivity contribution in [2.75, 3.05) is 0 Å². The van der Waals surface area contributed by atoms with E-state index in [-0.39, 0.29) is 6.42 Å². The number of hydrogen-bond donors (Lipinski definition) is 2. The maximum atomic E-state index is 10.6. The molecule has 0 fully saturated rings. The molecule has 0 saturated carbocycles. The van der Waals surface area contributed by atoms with Gasteiger partial charge in [0.05, 0.1) is 24.0 Å². The molecule has 3 heterocycles. The zero-order valence-corrected chi connectivity index (χ0v) is 11.3. The number of carbonyl (C=O) groups is 1. The van der Waals surface area contributed by atoms with Crippen LogP contribution in [0.5, 0.6) is 0 Å². The predicted molar refractivity (Wildman–Crippen MR) is 71.8 cm³/mol. The van der Waals surface area contributed by atoms with Crippen LogP contribution < -0.4 is 0 Å². The van der Waals surface area contributed by atoms with Crippen molar-refractivity contribution in [3.05, 3.63) is 40.9 Å². The molecule has 6 nitrogen and oxygen atoms in total. The van der Waals surface area contributed by atoms with Crippen LogP contribution in [0.3, 0.4) is 0 Å². The molecule has 0 aliphatic rings. The number of carboxylic acid groups (broad SMARTS) is 1. The summed E-state index contributed by atoms with van der Waals surface area (Å²) in [5.74, 6) is -0.892. The van der Waals surface area contributed by atoms with E-state index in [0.29, 0.717) is 11.3 Å². The van der Waals surface area contributed by atoms with Crippen molar-refractivity contribution in [1.82, 2.24) is 19.6 Å². The molecule has 0 aliphatic carbocycles. The Labute approximate surface area is 116 Å². The molecule has 96 valence electrons. The lowest BCUT2D eigenvalue weighted by molar-refractivity contribution is -0.136. The third-order valence-corrected chi connectivity index (χ3v) is 3.08. The molecule has 0 atom stereocenters. The number of nitrogens with zero attached hydrogens (tertiary/aromatic N) is 3. The summed E-state index contributed by atoms with van der Waals surface area (Å²) < 4.78 is 2.60. The van der Waals surface area contributed by atoms with Crippen LogP contribution in [0.4, 0.5) is 0 Å². The maximum Gasteiger partial charge on any atom is 0.309 e. The van der Waals surface area contributed by atoms with Gasteiger partial charge in [-0.2, -0.15) is 0 Å². The second-order valence-corrected chi connectivity index (χ2v) is 5.01. The monoisotopic (exact) mass is 320 g/mol. The van der Waals surface area contributed by atoms with Gasteiger partial charge in [0.15, 0.2) is 5.65 Å². The Morgan fingerprint density at radius 3 is 2.95 bits per heavy atom. The number of aliphatic carboxylic acids is 1. The van der Waals surface area contributed by atoms with E-state index in [9.17, 15) is 4.79 Å². The van der Waals surface area contributed by atoms with E-state index in [1.807, 2.05) is 12.1 Å². The van der Waals surface area contributed by atoms with E-state index >= 15 is 0 Å². The van der Waals surface area contributed by atoms with E-state index in [1.54, 1.807) is 23.1 Å². The molecule has 0 unspecified atom stereocenters. The fourth-order valence-corrected chi connectivity index (χ4v) is 2.24. The summed E-state index contributed by atoms with van der Waals surface area (Å²) in [6.45, 7) is 0. The van der Waals surface area contributed by atoms with Gasteiger partial charge in [-0.1, -0.05) is 0 Å². The summed E-state index contributed by atoms with van der Waals surface area (Å²) in [6.07, 6.45) is 5.05. The van der Waals surface area contributed by atoms with Crippen molar-refractivity contribution in [2.45, 2.75) is 6.42 Å². The molecule has 3 rings (SSSR count). The number of pyridine rings is 1. The molecule has 0 amide bonds. The van der Waals surface area contributed by atoms with Crippen LogP contribution in [0.25, 0.3) is 16.9 Å². The second-order valence-electron chi connectivity index (χ2n) is 4.09. The summed E-state index contributed by atoms with van der Waals surface area (Å²) in [4.78, 5) is 19.0. The second kappa shape index (κ2) is 4.51. The number of H-pyrrole nitrogens is 1. The number of aromatic amines is 1. The molecule has 3 aromatic rings. The molecule has 2 N–H and O–H groups in total. The minimum absolute atomic E-state index is 0.0801. The molecule has 0 spiro atoms. The summed E-state index contributed by atoms with van der Waals surface area (Å²) in [5, 5.41) is 11.9. The first-order valence-corrected chi connectivity index (χ1v) is 6.31. The number of hydrogen-bond acceptors (Lipinski definition) is 3. The average molecular weight is 321 g/mol. The highest BCUT2D eigenvalue weighted by molar-refractivity contribution is 9.10. The third-order valence-electron chi connectivity index (χ3n) is 2.65. The van der Waals surface area contributed by atoms with Gasteiger partial charge in [-0.25, -0.2) is 9.50 Å². The molecule has 0 radical (unpaired) electrons. The van der Waals surface area contributed by atoms with Gasteiger partial charge < -0.3 is 5.11 Å². The Balaban J connectivity index is 1.99. The molecule has 0 bridgehead atoms. The number of halogens is 1. The smallest absolute Gasteiger partial charge is 0.309 e. The lowest BCUT2D eigenvalue weighted by Crippen LogP contribution is -1.99. The summed E-state index contributed by atoms with van der Waals surface area (Å²) in [7, 11) is 0. The minimum atomic E-state index is -0.892. The van der Waals surface area contributed by atoms with E-state index in [4.69, 9.17) is 5.11 Å². The maximum absolute atomic E-state index is 10.6. The number of aromatic nitrogens is 4. The standard InChI is InChI=1S/C12H9BrN4O2/c13-8-1-7(4-14-5-8)10-3-11-15-9(2-12(18)19)6-17(11)16-10/h1,3-6,16H,2H2,(H,18,19). The normalized spacial score (nSPS) is 11.0. The van der Waals surface area contributed by atoms with E-state index < -0.39 is 5.97 Å². The lowest BCUT2D eigenvalue weighted by atomic mass is 10.2. The first kappa shape index (κ1) is 11.9. The highest BCUT2D eigenvalue weighted by atomic mass is 79.9. The number of nitrogens with one attached hydrogen (secondary N) is 1. The number of carboxylic acids is 1. The molecular formula is C12H9BrN4O2. The Hall–Kier alpha value is -2.15. The van der Waals surface area contributed by atoms with Crippen molar-refractivity contribution >= 4 is 27.5 Å². The van der Waals surface area contributed by atoms with Gasteiger partial charge >= 0.3 is 5.97 Å². The summed E-state index contributed by atoms with van der Waals surface area (Å²) in [6, 6.07) is 3.80. The van der Waals surface area contributed by atoms with Gasteiger partial charge in [0.2, 0.25) is 0 Å². The van der Waals surface area contributed by atoms with Crippen molar-refractivity contribution in [3.63, 3.8) is 0 Å². The van der Waals surface area contributed by atoms with Gasteiger partial charge in [-0.3, -0.25) is 14.9 Å². The first-order valence-electron chi connectivity index (χ1n) is 5.51. The Morgan fingerprint density at radius 2 is 2.26 bits per heavy atom. The van der Waals surface area contributed by atoms with Gasteiger partial charge in [0, 0.05) is 28.5 Å². The fourth-order valence-electron chi connectivity index (χ4n) is 1.87. The van der Waals surface area contributed by atoms with Gasteiger partial charge in [-0.05, 0) is 22.0 Å². The topological polar surface area (TPSA) is 83.3 Å². The zero-order chi connectivity index (χ0) is 13.4. The van der Waals surface area contributed by atoms with E-state index in [2.05, 4.69) is 31.0 Å².